The van der Waals surface area contributed by atoms with Gasteiger partial charge in [-0.1, -0.05) is 18.2 Å². The average Bonchev–Trinajstić information content (AvgIpc) is 3.46. The maximum Gasteiger partial charge on any atom is 0.321 e. The van der Waals surface area contributed by atoms with Gasteiger partial charge in [0.25, 0.3) is 0 Å². The van der Waals surface area contributed by atoms with Gasteiger partial charge in [-0.3, -0.25) is 10.1 Å². The average molecular weight is 413 g/mol. The van der Waals surface area contributed by atoms with Crippen LogP contribution < -0.4 is 10.6 Å². The number of hydrogen-bond acceptors (Lipinski definition) is 6. The van der Waals surface area contributed by atoms with E-state index in [1.54, 1.807) is 13.0 Å². The summed E-state index contributed by atoms with van der Waals surface area (Å²) in [6, 6.07) is 2.81. The number of pyridine rings is 1. The third kappa shape index (κ3) is 5.43. The van der Waals surface area contributed by atoms with Crippen LogP contribution in [0.1, 0.15) is 39.0 Å². The molecule has 3 amide bonds. The lowest BCUT2D eigenvalue weighted by molar-refractivity contribution is -0.119. The molecule has 0 aromatic carbocycles. The molecule has 1 atom stereocenters. The Morgan fingerprint density at radius 1 is 1.22 bits per heavy atom. The van der Waals surface area contributed by atoms with E-state index in [-0.39, 0.29) is 10.9 Å². The molecule has 3 rings (SSSR count). The number of hydrogen-bond donors (Lipinski definition) is 2. The lowest BCUT2D eigenvalue weighted by atomic mass is 10.2. The number of nitrogens with one attached hydrogen (secondary N) is 2. The molecule has 148 valence electrons. The first-order chi connectivity index (χ1) is 12.9. The van der Waals surface area contributed by atoms with Crippen LogP contribution in [0.3, 0.4) is 0 Å². The highest BCUT2D eigenvalue weighted by molar-refractivity contribution is 8.00. The number of sulfonamides is 1. The Kier molecular flexibility index (Phi) is 6.38. The Hall–Kier alpha value is -1.65. The summed E-state index contributed by atoms with van der Waals surface area (Å²) in [5, 5.41) is 4.99. The normalized spacial score (nSPS) is 19.3. The van der Waals surface area contributed by atoms with E-state index in [2.05, 4.69) is 15.6 Å². The Balaban J connectivity index is 1.56. The number of piperidine rings is 1. The molecule has 10 heteroatoms. The van der Waals surface area contributed by atoms with Crippen LogP contribution in [-0.2, 0) is 14.8 Å². The van der Waals surface area contributed by atoms with Crippen molar-refractivity contribution in [3.8, 4) is 0 Å². The number of carbonyl (C=O) groups excluding carboxylic acids is 2. The molecule has 0 spiro atoms. The summed E-state index contributed by atoms with van der Waals surface area (Å²) in [5.74, 6) is -0.412. The Labute approximate surface area is 163 Å². The highest BCUT2D eigenvalue weighted by Gasteiger charge is 2.27. The Morgan fingerprint density at radius 3 is 2.52 bits per heavy atom. The first-order valence-electron chi connectivity index (χ1n) is 9.10. The van der Waals surface area contributed by atoms with E-state index in [0.29, 0.717) is 18.1 Å². The van der Waals surface area contributed by atoms with Gasteiger partial charge in [-0.25, -0.2) is 18.2 Å². The molecule has 1 aromatic rings. The quantitative estimate of drug-likeness (QED) is 0.689. The molecule has 8 nitrogen and oxygen atoms in total. The number of urea groups is 1. The van der Waals surface area contributed by atoms with Crippen LogP contribution >= 0.6 is 11.8 Å². The molecule has 1 unspecified atom stereocenters. The first-order valence-corrected chi connectivity index (χ1v) is 11.4. The van der Waals surface area contributed by atoms with Crippen molar-refractivity contribution in [1.29, 1.82) is 0 Å². The van der Waals surface area contributed by atoms with Crippen LogP contribution in [0.2, 0.25) is 0 Å². The Morgan fingerprint density at radius 2 is 1.93 bits per heavy atom. The summed E-state index contributed by atoms with van der Waals surface area (Å²) in [5.41, 5.74) is 0. The topological polar surface area (TPSA) is 108 Å². The van der Waals surface area contributed by atoms with Crippen LogP contribution in [0.15, 0.2) is 28.3 Å². The molecule has 2 fully saturated rings. The molecule has 0 bridgehead atoms. The summed E-state index contributed by atoms with van der Waals surface area (Å²) in [7, 11) is -3.52. The number of nitrogens with zero attached hydrogens (tertiary/aromatic N) is 2. The van der Waals surface area contributed by atoms with Crippen molar-refractivity contribution in [3.05, 3.63) is 18.3 Å². The molecule has 27 heavy (non-hydrogen) atoms. The second kappa shape index (κ2) is 8.57. The molecule has 1 aliphatic heterocycles. The fraction of sp³-hybridized carbons (Fsp3) is 0.588. The van der Waals surface area contributed by atoms with Gasteiger partial charge in [0.1, 0.15) is 4.90 Å². The molecular formula is C17H24N4O4S2. The van der Waals surface area contributed by atoms with Crippen LogP contribution in [0.5, 0.6) is 0 Å². The summed E-state index contributed by atoms with van der Waals surface area (Å²) >= 11 is 1.17. The molecular weight excluding hydrogens is 388 g/mol. The molecule has 0 radical (unpaired) electrons. The monoisotopic (exact) mass is 412 g/mol. The number of imide groups is 1. The van der Waals surface area contributed by atoms with E-state index in [1.807, 2.05) is 0 Å². The Bertz CT molecular complexity index is 788. The number of rotatable bonds is 6. The second-order valence-corrected chi connectivity index (χ2v) is 10.1. The standard InChI is InChI=1S/C17H24N4O4S2/c1-12(16(22)20-17(23)19-13-5-6-13)26-15-8-7-14(11-18-15)27(24,25)21-9-3-2-4-10-21/h7-8,11-13H,2-6,9-10H2,1H3,(H2,19,20,22,23). The van der Waals surface area contributed by atoms with E-state index < -0.39 is 27.2 Å². The predicted octanol–water partition coefficient (Wildman–Crippen LogP) is 1.72. The van der Waals surface area contributed by atoms with Gasteiger partial charge in [0.2, 0.25) is 15.9 Å². The summed E-state index contributed by atoms with van der Waals surface area (Å²) in [4.78, 5) is 28.0. The molecule has 2 N–H and O–H groups in total. The van der Waals surface area contributed by atoms with Crippen molar-refractivity contribution in [1.82, 2.24) is 19.9 Å². The number of aromatic nitrogens is 1. The van der Waals surface area contributed by atoms with Gasteiger partial charge >= 0.3 is 6.03 Å². The smallest absolute Gasteiger partial charge is 0.321 e. The van der Waals surface area contributed by atoms with Crippen LogP contribution in [0, 0.1) is 0 Å². The van der Waals surface area contributed by atoms with Gasteiger partial charge in [-0.05, 0) is 44.7 Å². The van der Waals surface area contributed by atoms with Crippen LogP contribution in [0.4, 0.5) is 4.79 Å². The van der Waals surface area contributed by atoms with Crippen LogP contribution in [-0.4, -0.2) is 54.0 Å². The van der Waals surface area contributed by atoms with Crippen molar-refractivity contribution in [3.63, 3.8) is 0 Å². The van der Waals surface area contributed by atoms with E-state index in [0.717, 1.165) is 32.1 Å². The fourth-order valence-electron chi connectivity index (χ4n) is 2.74. The lowest BCUT2D eigenvalue weighted by Gasteiger charge is -2.25. The SMILES string of the molecule is CC(Sc1ccc(S(=O)(=O)N2CCCCC2)cn1)C(=O)NC(=O)NC1CC1. The zero-order valence-electron chi connectivity index (χ0n) is 15.2. The maximum absolute atomic E-state index is 12.6. The van der Waals surface area contributed by atoms with Gasteiger partial charge in [0.05, 0.1) is 10.3 Å². The lowest BCUT2D eigenvalue weighted by Crippen LogP contribution is -2.43. The van der Waals surface area contributed by atoms with Gasteiger partial charge in [0.15, 0.2) is 0 Å². The molecule has 1 aromatic heterocycles. The van der Waals surface area contributed by atoms with Gasteiger partial charge in [-0.2, -0.15) is 4.31 Å². The van der Waals surface area contributed by atoms with E-state index in [1.165, 1.54) is 28.3 Å². The van der Waals surface area contributed by atoms with Crippen molar-refractivity contribution < 1.29 is 18.0 Å². The second-order valence-electron chi connectivity index (χ2n) is 6.79. The van der Waals surface area contributed by atoms with Crippen molar-refractivity contribution >= 4 is 33.7 Å². The molecule has 1 saturated carbocycles. The van der Waals surface area contributed by atoms with E-state index >= 15 is 0 Å². The van der Waals surface area contributed by atoms with Crippen molar-refractivity contribution in [2.75, 3.05) is 13.1 Å². The molecule has 1 saturated heterocycles. The molecule has 2 aliphatic rings. The number of thioether (sulfide) groups is 1. The molecule has 2 heterocycles. The summed E-state index contributed by atoms with van der Waals surface area (Å²) < 4.78 is 26.7. The number of carbonyl (C=O) groups is 2. The molecule has 1 aliphatic carbocycles. The highest BCUT2D eigenvalue weighted by Crippen LogP contribution is 2.25. The minimum absolute atomic E-state index is 0.162. The van der Waals surface area contributed by atoms with Crippen LogP contribution in [0.25, 0.3) is 0 Å². The summed E-state index contributed by atoms with van der Waals surface area (Å²) in [6.07, 6.45) is 6.03. The third-order valence-corrected chi connectivity index (χ3v) is 7.41. The minimum atomic E-state index is -3.52. The van der Waals surface area contributed by atoms with Gasteiger partial charge < -0.3 is 5.32 Å². The maximum atomic E-state index is 12.6. The van der Waals surface area contributed by atoms with Crippen molar-refractivity contribution in [2.45, 2.75) is 60.2 Å². The zero-order valence-corrected chi connectivity index (χ0v) is 16.8. The largest absolute Gasteiger partial charge is 0.335 e. The van der Waals surface area contributed by atoms with Gasteiger partial charge in [0, 0.05) is 25.3 Å². The van der Waals surface area contributed by atoms with E-state index in [4.69, 9.17) is 0 Å². The highest BCUT2D eigenvalue weighted by atomic mass is 32.2. The predicted molar refractivity (Wildman–Crippen MR) is 102 cm³/mol. The minimum Gasteiger partial charge on any atom is -0.335 e. The van der Waals surface area contributed by atoms with E-state index in [9.17, 15) is 18.0 Å². The van der Waals surface area contributed by atoms with Crippen molar-refractivity contribution in [2.24, 2.45) is 0 Å². The first kappa shape index (κ1) is 20.1. The summed E-state index contributed by atoms with van der Waals surface area (Å²) in [6.45, 7) is 2.75. The third-order valence-electron chi connectivity index (χ3n) is 4.48. The zero-order chi connectivity index (χ0) is 19.4. The fourth-order valence-corrected chi connectivity index (χ4v) is 4.99. The number of amides is 3. The van der Waals surface area contributed by atoms with Gasteiger partial charge in [-0.15, -0.1) is 0 Å².